The Morgan fingerprint density at radius 1 is 1.04 bits per heavy atom. The van der Waals surface area contributed by atoms with Gasteiger partial charge in [0.25, 0.3) is 0 Å². The summed E-state index contributed by atoms with van der Waals surface area (Å²) >= 11 is 6.72. The second kappa shape index (κ2) is 5.74. The van der Waals surface area contributed by atoms with Crippen LogP contribution in [0, 0.1) is 3.95 Å². The molecule has 3 aromatic rings. The predicted octanol–water partition coefficient (Wildman–Crippen LogP) is 4.94. The van der Waals surface area contributed by atoms with Crippen molar-refractivity contribution in [3.05, 3.63) is 62.9 Å². The van der Waals surface area contributed by atoms with Crippen LogP contribution in [0.4, 0.5) is 5.69 Å². The molecule has 0 bridgehead atoms. The lowest BCUT2D eigenvalue weighted by atomic mass is 10.1. The van der Waals surface area contributed by atoms with E-state index in [9.17, 15) is 10.2 Å². The van der Waals surface area contributed by atoms with Crippen LogP contribution in [0.15, 0.2) is 53.5 Å². The van der Waals surface area contributed by atoms with Crippen LogP contribution in [0.3, 0.4) is 0 Å². The Bertz CT molecular complexity index is 1040. The second-order valence-corrected chi connectivity index (χ2v) is 6.96. The lowest BCUT2D eigenvalue weighted by molar-refractivity contribution is 0.440. The molecule has 4 rings (SSSR count). The minimum Gasteiger partial charge on any atom is -0.508 e. The zero-order valence-corrected chi connectivity index (χ0v) is 14.0. The lowest BCUT2D eigenvalue weighted by Crippen LogP contribution is -1.92. The molecule has 0 spiro atoms. The normalized spacial score (nSPS) is 14.2. The molecule has 0 fully saturated rings. The highest BCUT2D eigenvalue weighted by molar-refractivity contribution is 7.73. The van der Waals surface area contributed by atoms with Gasteiger partial charge >= 0.3 is 0 Å². The molecule has 4 nitrogen and oxygen atoms in total. The molecule has 0 aliphatic carbocycles. The molecule has 0 amide bonds. The number of nitrogens with zero attached hydrogens (tertiary/aromatic N) is 2. The standard InChI is InChI=1S/C18H12N2O2S2/c21-13-7-5-12(6-8-13)20-17(22)16(24-18(20)23)9-11-10-19-15-4-2-1-3-14(11)15/h1-10,21-22H. The van der Waals surface area contributed by atoms with Crippen LogP contribution >= 0.6 is 23.6 Å². The van der Waals surface area contributed by atoms with Gasteiger partial charge in [-0.05, 0) is 48.6 Å². The Balaban J connectivity index is 1.81. The zero-order chi connectivity index (χ0) is 16.7. The SMILES string of the molecule is Oc1ccc(-n2c(O)c(C=C3C=Nc4ccccc43)sc2=S)cc1. The Labute approximate surface area is 147 Å². The van der Waals surface area contributed by atoms with Gasteiger partial charge in [-0.2, -0.15) is 0 Å². The molecule has 0 radical (unpaired) electrons. The first-order chi connectivity index (χ1) is 11.6. The van der Waals surface area contributed by atoms with Gasteiger partial charge in [-0.1, -0.05) is 18.2 Å². The number of phenols is 1. The first kappa shape index (κ1) is 14.9. The number of thiazole rings is 1. The van der Waals surface area contributed by atoms with Crippen LogP contribution in [0.5, 0.6) is 11.6 Å². The molecule has 118 valence electrons. The van der Waals surface area contributed by atoms with Crippen LogP contribution in [0.2, 0.25) is 0 Å². The van der Waals surface area contributed by atoms with E-state index >= 15 is 0 Å². The minimum absolute atomic E-state index is 0.0842. The molecule has 0 unspecified atom stereocenters. The van der Waals surface area contributed by atoms with Gasteiger partial charge in [0.05, 0.1) is 16.3 Å². The fourth-order valence-corrected chi connectivity index (χ4v) is 3.90. The third-order valence-electron chi connectivity index (χ3n) is 3.76. The number of phenolic OH excluding ortho intramolecular Hbond substituents is 1. The van der Waals surface area contributed by atoms with Crippen molar-refractivity contribution in [1.29, 1.82) is 0 Å². The molecular weight excluding hydrogens is 340 g/mol. The number of hydrogen-bond donors (Lipinski definition) is 2. The average molecular weight is 352 g/mol. The molecule has 1 aliphatic heterocycles. The second-order valence-electron chi connectivity index (χ2n) is 5.28. The summed E-state index contributed by atoms with van der Waals surface area (Å²) in [7, 11) is 0. The summed E-state index contributed by atoms with van der Waals surface area (Å²) < 4.78 is 2.12. The molecule has 0 atom stereocenters. The topological polar surface area (TPSA) is 57.8 Å². The zero-order valence-electron chi connectivity index (χ0n) is 12.4. The Morgan fingerprint density at radius 3 is 2.58 bits per heavy atom. The van der Waals surface area contributed by atoms with Crippen LogP contribution in [0.25, 0.3) is 17.3 Å². The Kier molecular flexibility index (Phi) is 3.55. The first-order valence-electron chi connectivity index (χ1n) is 7.23. The maximum absolute atomic E-state index is 10.6. The van der Waals surface area contributed by atoms with Crippen molar-refractivity contribution >= 4 is 47.1 Å². The van der Waals surface area contributed by atoms with E-state index in [1.54, 1.807) is 35.0 Å². The van der Waals surface area contributed by atoms with Gasteiger partial charge in [-0.25, -0.2) is 0 Å². The molecule has 6 heteroatoms. The molecule has 24 heavy (non-hydrogen) atoms. The summed E-state index contributed by atoms with van der Waals surface area (Å²) in [5, 5.41) is 20.0. The first-order valence-corrected chi connectivity index (χ1v) is 8.45. The number of rotatable bonds is 2. The molecule has 2 aromatic carbocycles. The fourth-order valence-electron chi connectivity index (χ4n) is 2.60. The van der Waals surface area contributed by atoms with Gasteiger partial charge in [0, 0.05) is 17.4 Å². The van der Waals surface area contributed by atoms with Crippen molar-refractivity contribution in [2.45, 2.75) is 0 Å². The monoisotopic (exact) mass is 352 g/mol. The number of para-hydroxylation sites is 1. The lowest BCUT2D eigenvalue weighted by Gasteiger charge is -2.05. The van der Waals surface area contributed by atoms with Crippen LogP contribution in [0.1, 0.15) is 10.4 Å². The van der Waals surface area contributed by atoms with E-state index in [1.165, 1.54) is 11.3 Å². The highest BCUT2D eigenvalue weighted by atomic mass is 32.1. The summed E-state index contributed by atoms with van der Waals surface area (Å²) in [5.41, 5.74) is 3.60. The Hall–Kier alpha value is -2.70. The molecular formula is C18H12N2O2S2. The molecule has 2 heterocycles. The van der Waals surface area contributed by atoms with Gasteiger partial charge in [0.15, 0.2) is 3.95 Å². The van der Waals surface area contributed by atoms with Crippen molar-refractivity contribution in [1.82, 2.24) is 4.57 Å². The van der Waals surface area contributed by atoms with Crippen molar-refractivity contribution in [3.8, 4) is 17.3 Å². The van der Waals surface area contributed by atoms with Gasteiger partial charge < -0.3 is 10.2 Å². The van der Waals surface area contributed by atoms with Gasteiger partial charge in [-0.3, -0.25) is 9.56 Å². The number of aromatic nitrogens is 1. The summed E-state index contributed by atoms with van der Waals surface area (Å²) in [6.07, 6.45) is 3.68. The third-order valence-corrected chi connectivity index (χ3v) is 5.07. The Morgan fingerprint density at radius 2 is 1.79 bits per heavy atom. The quantitative estimate of drug-likeness (QED) is 0.643. The van der Waals surface area contributed by atoms with Crippen LogP contribution < -0.4 is 0 Å². The number of benzene rings is 2. The molecule has 1 aromatic heterocycles. The highest BCUT2D eigenvalue weighted by Crippen LogP contribution is 2.36. The summed E-state index contributed by atoms with van der Waals surface area (Å²) in [6, 6.07) is 14.4. The number of aromatic hydroxyl groups is 2. The van der Waals surface area contributed by atoms with E-state index < -0.39 is 0 Å². The maximum Gasteiger partial charge on any atom is 0.215 e. The number of allylic oxidation sites excluding steroid dienone is 1. The maximum atomic E-state index is 10.6. The number of hydrogen-bond acceptors (Lipinski definition) is 5. The number of aliphatic imine (C=N–C) groups is 1. The van der Waals surface area contributed by atoms with E-state index in [1.807, 2.05) is 30.3 Å². The highest BCUT2D eigenvalue weighted by Gasteiger charge is 2.16. The van der Waals surface area contributed by atoms with Gasteiger partial charge in [-0.15, -0.1) is 11.3 Å². The summed E-state index contributed by atoms with van der Waals surface area (Å²) in [6.45, 7) is 0. The van der Waals surface area contributed by atoms with E-state index in [2.05, 4.69) is 4.99 Å². The molecule has 0 saturated heterocycles. The molecule has 0 saturated carbocycles. The summed E-state index contributed by atoms with van der Waals surface area (Å²) in [4.78, 5) is 5.05. The third kappa shape index (κ3) is 2.46. The van der Waals surface area contributed by atoms with Crippen molar-refractivity contribution < 1.29 is 10.2 Å². The average Bonchev–Trinajstić information content (AvgIpc) is 3.11. The van der Waals surface area contributed by atoms with E-state index in [-0.39, 0.29) is 11.6 Å². The predicted molar refractivity (Wildman–Crippen MR) is 100 cm³/mol. The van der Waals surface area contributed by atoms with E-state index in [0.29, 0.717) is 14.5 Å². The van der Waals surface area contributed by atoms with Gasteiger partial charge in [0.2, 0.25) is 5.88 Å². The molecule has 2 N–H and O–H groups in total. The fraction of sp³-hybridized carbons (Fsp3) is 0. The van der Waals surface area contributed by atoms with Crippen molar-refractivity contribution in [2.24, 2.45) is 4.99 Å². The van der Waals surface area contributed by atoms with Crippen molar-refractivity contribution in [3.63, 3.8) is 0 Å². The molecule has 1 aliphatic rings. The van der Waals surface area contributed by atoms with Crippen molar-refractivity contribution in [2.75, 3.05) is 0 Å². The van der Waals surface area contributed by atoms with Crippen LogP contribution in [-0.2, 0) is 0 Å². The largest absolute Gasteiger partial charge is 0.508 e. The minimum atomic E-state index is 0.0842. The smallest absolute Gasteiger partial charge is 0.215 e. The van der Waals surface area contributed by atoms with Crippen LogP contribution in [-0.4, -0.2) is 21.0 Å². The van der Waals surface area contributed by atoms with E-state index in [0.717, 1.165) is 16.8 Å². The summed E-state index contributed by atoms with van der Waals surface area (Å²) in [5.74, 6) is 0.252. The van der Waals surface area contributed by atoms with E-state index in [4.69, 9.17) is 12.2 Å². The number of fused-ring (bicyclic) bond motifs is 1. The van der Waals surface area contributed by atoms with Gasteiger partial charge in [0.1, 0.15) is 5.75 Å².